The molecule has 2 bridgehead atoms. The van der Waals surface area contributed by atoms with E-state index < -0.39 is 11.7 Å². The van der Waals surface area contributed by atoms with E-state index in [1.807, 2.05) is 0 Å². The number of aromatic nitrogens is 1. The van der Waals surface area contributed by atoms with E-state index >= 15 is 0 Å². The van der Waals surface area contributed by atoms with Crippen LogP contribution in [0.2, 0.25) is 0 Å². The summed E-state index contributed by atoms with van der Waals surface area (Å²) in [7, 11) is 0. The Hall–Kier alpha value is -1.87. The number of piperazine rings is 1. The summed E-state index contributed by atoms with van der Waals surface area (Å²) in [6, 6.07) is 2.96. The summed E-state index contributed by atoms with van der Waals surface area (Å²) in [4.78, 5) is 20.0. The summed E-state index contributed by atoms with van der Waals surface area (Å²) in [6.07, 6.45) is 4.39. The maximum Gasteiger partial charge on any atom is 0.416 e. The van der Waals surface area contributed by atoms with Gasteiger partial charge in [-0.15, -0.1) is 0 Å². The zero-order chi connectivity index (χ0) is 25.5. The van der Waals surface area contributed by atoms with Gasteiger partial charge in [0.15, 0.2) is 0 Å². The number of amides is 1. The summed E-state index contributed by atoms with van der Waals surface area (Å²) in [6.45, 7) is 7.60. The molecule has 1 N–H and O–H groups in total. The van der Waals surface area contributed by atoms with Crippen LogP contribution in [0, 0.1) is 23.2 Å². The average molecular weight is 509 g/mol. The molecule has 2 saturated heterocycles. The number of halogens is 3. The van der Waals surface area contributed by atoms with E-state index in [2.05, 4.69) is 29.0 Å². The van der Waals surface area contributed by atoms with Crippen LogP contribution in [0.1, 0.15) is 57.9 Å². The highest BCUT2D eigenvalue weighted by Crippen LogP contribution is 2.51. The van der Waals surface area contributed by atoms with Gasteiger partial charge < -0.3 is 19.9 Å². The van der Waals surface area contributed by atoms with E-state index in [4.69, 9.17) is 4.74 Å². The molecule has 36 heavy (non-hydrogen) atoms. The van der Waals surface area contributed by atoms with E-state index in [-0.39, 0.29) is 11.5 Å². The van der Waals surface area contributed by atoms with Crippen molar-refractivity contribution in [1.82, 2.24) is 15.2 Å². The van der Waals surface area contributed by atoms with E-state index in [1.54, 1.807) is 4.90 Å². The van der Waals surface area contributed by atoms with E-state index in [0.717, 1.165) is 45.0 Å². The van der Waals surface area contributed by atoms with Gasteiger partial charge >= 0.3 is 6.18 Å². The molecule has 1 aromatic heterocycles. The molecule has 2 aliphatic heterocycles. The number of hydrogen-bond acceptors (Lipinski definition) is 5. The minimum atomic E-state index is -4.42. The van der Waals surface area contributed by atoms with Crippen molar-refractivity contribution < 1.29 is 22.7 Å². The molecule has 1 aromatic rings. The average Bonchev–Trinajstić information content (AvgIpc) is 3.28. The Kier molecular flexibility index (Phi) is 7.24. The van der Waals surface area contributed by atoms with Crippen molar-refractivity contribution in [3.63, 3.8) is 0 Å². The zero-order valence-corrected chi connectivity index (χ0v) is 21.3. The van der Waals surface area contributed by atoms with Gasteiger partial charge in [0, 0.05) is 37.9 Å². The monoisotopic (exact) mass is 508 g/mol. The molecule has 0 aromatic carbocycles. The lowest BCUT2D eigenvalue weighted by Crippen LogP contribution is -2.61. The first-order valence-corrected chi connectivity index (χ1v) is 13.5. The highest BCUT2D eigenvalue weighted by atomic mass is 19.4. The Labute approximate surface area is 211 Å². The summed E-state index contributed by atoms with van der Waals surface area (Å²) < 4.78 is 46.4. The third-order valence-corrected chi connectivity index (χ3v) is 9.58. The summed E-state index contributed by atoms with van der Waals surface area (Å²) in [5, 5.41) is 4.03. The first kappa shape index (κ1) is 25.8. The van der Waals surface area contributed by atoms with Gasteiger partial charge in [0.2, 0.25) is 6.41 Å². The lowest BCUT2D eigenvalue weighted by Gasteiger charge is -2.52. The number of ether oxygens (including phenoxy) is 1. The smallest absolute Gasteiger partial charge is 0.381 e. The SMILES string of the molecule is CC(C)[C@]1(C2CN(C=O)CCN2c2cc(C(F)(F)F)ccn2)CC[C@@H](NC2C3CCCC2COC3)C1. The molecule has 5 rings (SSSR count). The van der Waals surface area contributed by atoms with Gasteiger partial charge in [0.05, 0.1) is 24.8 Å². The molecule has 2 aliphatic carbocycles. The number of carbonyl (C=O) groups excluding carboxylic acids is 1. The Morgan fingerprint density at radius 1 is 1.19 bits per heavy atom. The van der Waals surface area contributed by atoms with Gasteiger partial charge in [0.1, 0.15) is 5.82 Å². The Balaban J connectivity index is 1.41. The van der Waals surface area contributed by atoms with Crippen LogP contribution < -0.4 is 10.2 Å². The van der Waals surface area contributed by atoms with Crippen molar-refractivity contribution in [3.05, 3.63) is 23.9 Å². The largest absolute Gasteiger partial charge is 0.416 e. The van der Waals surface area contributed by atoms with E-state index in [9.17, 15) is 18.0 Å². The van der Waals surface area contributed by atoms with Crippen LogP contribution >= 0.6 is 0 Å². The molecule has 0 radical (unpaired) electrons. The highest BCUT2D eigenvalue weighted by Gasteiger charge is 2.52. The Morgan fingerprint density at radius 3 is 2.61 bits per heavy atom. The summed E-state index contributed by atoms with van der Waals surface area (Å²) in [5.41, 5.74) is -0.810. The van der Waals surface area contributed by atoms with Crippen LogP contribution in [0.4, 0.5) is 19.0 Å². The lowest BCUT2D eigenvalue weighted by molar-refractivity contribution is -0.137. The second-order valence-electron chi connectivity index (χ2n) is 11.7. The molecule has 9 heteroatoms. The number of fused-ring (bicyclic) bond motifs is 2. The molecule has 0 spiro atoms. The molecular formula is C27H39F3N4O2. The minimum absolute atomic E-state index is 0.0894. The van der Waals surface area contributed by atoms with Crippen molar-refractivity contribution in [1.29, 1.82) is 0 Å². The minimum Gasteiger partial charge on any atom is -0.381 e. The van der Waals surface area contributed by atoms with Gasteiger partial charge in [-0.1, -0.05) is 20.3 Å². The predicted octanol–water partition coefficient (Wildman–Crippen LogP) is 4.35. The Morgan fingerprint density at radius 2 is 1.94 bits per heavy atom. The number of anilines is 1. The molecule has 6 nitrogen and oxygen atoms in total. The van der Waals surface area contributed by atoms with Crippen molar-refractivity contribution in [2.45, 2.75) is 76.7 Å². The standard InChI is InChI=1S/C27H39F3N4O2/c1-18(2)26(8-6-22(13-26)32-25-19-4-3-5-20(25)16-36-15-19)23-14-33(17-35)10-11-34(23)24-12-21(7-9-31-24)27(28,29)30/h7,9,12,17-20,22-23,25,32H,3-6,8,10-11,13-16H2,1-2H3/t19?,20?,22-,23?,25?,26+/m1/s1. The number of nitrogens with one attached hydrogen (secondary N) is 1. The van der Waals surface area contributed by atoms with Crippen LogP contribution in [0.5, 0.6) is 0 Å². The van der Waals surface area contributed by atoms with E-state index in [0.29, 0.717) is 55.3 Å². The topological polar surface area (TPSA) is 57.7 Å². The third-order valence-electron chi connectivity index (χ3n) is 9.58. The zero-order valence-electron chi connectivity index (χ0n) is 21.3. The van der Waals surface area contributed by atoms with E-state index in [1.165, 1.54) is 31.5 Å². The third kappa shape index (κ3) is 4.85. The number of alkyl halides is 3. The number of carbonyl (C=O) groups is 1. The summed E-state index contributed by atoms with van der Waals surface area (Å²) >= 11 is 0. The fraction of sp³-hybridized carbons (Fsp3) is 0.778. The molecule has 3 unspecified atom stereocenters. The van der Waals surface area contributed by atoms with Crippen LogP contribution in [0.15, 0.2) is 18.3 Å². The van der Waals surface area contributed by atoms with Crippen molar-refractivity contribution in [2.75, 3.05) is 37.7 Å². The van der Waals surface area contributed by atoms with Crippen molar-refractivity contribution >= 4 is 12.2 Å². The molecule has 2 saturated carbocycles. The Bertz CT molecular complexity index is 907. The lowest BCUT2D eigenvalue weighted by atomic mass is 9.68. The molecular weight excluding hydrogens is 469 g/mol. The quantitative estimate of drug-likeness (QED) is 0.579. The number of hydrogen-bond donors (Lipinski definition) is 1. The van der Waals surface area contributed by atoms with Crippen LogP contribution in [-0.2, 0) is 15.7 Å². The maximum absolute atomic E-state index is 13.5. The number of pyridine rings is 1. The number of nitrogens with zero attached hydrogens (tertiary/aromatic N) is 3. The fourth-order valence-electron chi connectivity index (χ4n) is 7.55. The molecule has 4 aliphatic rings. The van der Waals surface area contributed by atoms with Crippen molar-refractivity contribution in [2.24, 2.45) is 23.2 Å². The molecule has 200 valence electrons. The molecule has 5 atom stereocenters. The number of rotatable bonds is 6. The van der Waals surface area contributed by atoms with Gasteiger partial charge in [-0.2, -0.15) is 13.2 Å². The maximum atomic E-state index is 13.5. The molecule has 1 amide bonds. The van der Waals surface area contributed by atoms with Gasteiger partial charge in [-0.05, 0) is 67.4 Å². The van der Waals surface area contributed by atoms with Crippen LogP contribution in [0.3, 0.4) is 0 Å². The van der Waals surface area contributed by atoms with Gasteiger partial charge in [-0.3, -0.25) is 4.79 Å². The molecule has 3 heterocycles. The molecule has 4 fully saturated rings. The van der Waals surface area contributed by atoms with Crippen molar-refractivity contribution in [3.8, 4) is 0 Å². The first-order valence-electron chi connectivity index (χ1n) is 13.5. The second-order valence-corrected chi connectivity index (χ2v) is 11.7. The highest BCUT2D eigenvalue weighted by molar-refractivity contribution is 5.51. The van der Waals surface area contributed by atoms with Crippen LogP contribution in [-0.4, -0.2) is 67.3 Å². The van der Waals surface area contributed by atoms with Crippen LogP contribution in [0.25, 0.3) is 0 Å². The second kappa shape index (κ2) is 10.1. The first-order chi connectivity index (χ1) is 17.2. The summed E-state index contributed by atoms with van der Waals surface area (Å²) in [5.74, 6) is 1.80. The van der Waals surface area contributed by atoms with Gasteiger partial charge in [-0.25, -0.2) is 4.98 Å². The normalized spacial score (nSPS) is 35.3. The predicted molar refractivity (Wildman–Crippen MR) is 131 cm³/mol. The fourth-order valence-corrected chi connectivity index (χ4v) is 7.55. The van der Waals surface area contributed by atoms with Gasteiger partial charge in [0.25, 0.3) is 0 Å².